The van der Waals surface area contributed by atoms with Gasteiger partial charge in [-0.3, -0.25) is 19.8 Å². The van der Waals surface area contributed by atoms with Crippen LogP contribution < -0.4 is 5.32 Å². The summed E-state index contributed by atoms with van der Waals surface area (Å²) in [4.78, 5) is 30.9. The van der Waals surface area contributed by atoms with Crippen molar-refractivity contribution in [1.29, 1.82) is 0 Å². The van der Waals surface area contributed by atoms with Crippen LogP contribution in [-0.4, -0.2) is 48.8 Å². The number of piperidine rings is 1. The standard InChI is InChI=1S/C33H32N2O4/c1-38-29(36)31-19-32-33(30(37)39-2)26(22-16-10-5-11-17-22)23(27(31)34-32)24(25(31)21-14-8-4-9-15-21)28(33)35(32)18-20-12-6-3-7-13-20/h3-17,23-28,34H,18-19H2,1-2H3/t23-,24-,25?,26?,27+,28+,31+,32+,33-/m1/s1. The molecule has 2 unspecified atom stereocenters. The van der Waals surface area contributed by atoms with E-state index in [1.807, 2.05) is 18.2 Å². The second-order valence-corrected chi connectivity index (χ2v) is 12.0. The summed E-state index contributed by atoms with van der Waals surface area (Å²) in [5.74, 6) is -0.301. The van der Waals surface area contributed by atoms with Gasteiger partial charge in [0.25, 0.3) is 0 Å². The molecule has 2 aliphatic carbocycles. The number of ether oxygens (including phenoxy) is 2. The third kappa shape index (κ3) is 2.43. The minimum absolute atomic E-state index is 0.0559. The third-order valence-electron chi connectivity index (χ3n) is 11.1. The highest BCUT2D eigenvalue weighted by Gasteiger charge is 2.97. The molecule has 6 heteroatoms. The number of nitrogens with zero attached hydrogens (tertiary/aromatic N) is 1. The summed E-state index contributed by atoms with van der Waals surface area (Å²) in [6, 6.07) is 31.2. The molecule has 4 bridgehead atoms. The fourth-order valence-corrected chi connectivity index (χ4v) is 10.4. The average Bonchev–Trinajstić information content (AvgIpc) is 3.44. The number of rotatable bonds is 6. The summed E-state index contributed by atoms with van der Waals surface area (Å²) in [6.07, 6.45) is 0.520. The van der Waals surface area contributed by atoms with Gasteiger partial charge in [0.2, 0.25) is 0 Å². The predicted octanol–water partition coefficient (Wildman–Crippen LogP) is 4.09. The first-order chi connectivity index (χ1) is 19.1. The molecule has 3 saturated heterocycles. The first kappa shape index (κ1) is 23.4. The molecule has 1 N–H and O–H groups in total. The van der Waals surface area contributed by atoms with Crippen molar-refractivity contribution >= 4 is 11.9 Å². The van der Waals surface area contributed by atoms with Crippen LogP contribution in [-0.2, 0) is 25.6 Å². The van der Waals surface area contributed by atoms with Crippen LogP contribution in [0.4, 0.5) is 0 Å². The number of hydrogen-bond donors (Lipinski definition) is 1. The quantitative estimate of drug-likeness (QED) is 0.494. The maximum atomic E-state index is 14.3. The molecule has 0 aromatic heterocycles. The molecule has 198 valence electrons. The minimum Gasteiger partial charge on any atom is -0.469 e. The van der Waals surface area contributed by atoms with Crippen LogP contribution in [0.25, 0.3) is 0 Å². The van der Waals surface area contributed by atoms with Crippen molar-refractivity contribution in [3.8, 4) is 0 Å². The predicted molar refractivity (Wildman–Crippen MR) is 144 cm³/mol. The number of esters is 2. The van der Waals surface area contributed by atoms with E-state index >= 15 is 0 Å². The molecule has 6 nitrogen and oxygen atoms in total. The smallest absolute Gasteiger partial charge is 0.317 e. The monoisotopic (exact) mass is 520 g/mol. The number of likely N-dealkylation sites (tertiary alicyclic amines) is 1. The van der Waals surface area contributed by atoms with Crippen molar-refractivity contribution in [2.24, 2.45) is 22.7 Å². The molecule has 5 fully saturated rings. The molecule has 9 atom stereocenters. The zero-order valence-electron chi connectivity index (χ0n) is 22.1. The highest BCUT2D eigenvalue weighted by atomic mass is 16.5. The molecular formula is C33H32N2O4. The van der Waals surface area contributed by atoms with Crippen LogP contribution >= 0.6 is 0 Å². The summed E-state index contributed by atoms with van der Waals surface area (Å²) in [5, 5.41) is 3.99. The van der Waals surface area contributed by atoms with Gasteiger partial charge in [0.1, 0.15) is 5.41 Å². The molecule has 8 rings (SSSR count). The lowest BCUT2D eigenvalue weighted by Gasteiger charge is -2.69. The molecular weight excluding hydrogens is 488 g/mol. The second kappa shape index (κ2) is 7.80. The first-order valence-electron chi connectivity index (χ1n) is 13.9. The Morgan fingerprint density at radius 3 is 1.95 bits per heavy atom. The highest BCUT2D eigenvalue weighted by Crippen LogP contribution is 2.86. The van der Waals surface area contributed by atoms with E-state index in [1.165, 1.54) is 19.8 Å². The van der Waals surface area contributed by atoms with Crippen molar-refractivity contribution in [1.82, 2.24) is 10.2 Å². The molecule has 3 aromatic carbocycles. The van der Waals surface area contributed by atoms with Crippen molar-refractivity contribution < 1.29 is 19.1 Å². The molecule has 0 amide bonds. The van der Waals surface area contributed by atoms with Crippen molar-refractivity contribution in [3.63, 3.8) is 0 Å². The maximum Gasteiger partial charge on any atom is 0.317 e. The fourth-order valence-electron chi connectivity index (χ4n) is 10.4. The zero-order chi connectivity index (χ0) is 26.6. The van der Waals surface area contributed by atoms with Crippen molar-refractivity contribution in [2.75, 3.05) is 14.2 Å². The van der Waals surface area contributed by atoms with Gasteiger partial charge in [-0.2, -0.15) is 0 Å². The Bertz CT molecular complexity index is 1430. The summed E-state index contributed by atoms with van der Waals surface area (Å²) in [6.45, 7) is 0.702. The van der Waals surface area contributed by atoms with E-state index in [9.17, 15) is 9.59 Å². The van der Waals surface area contributed by atoms with Gasteiger partial charge in [-0.25, -0.2) is 0 Å². The number of nitrogens with one attached hydrogen (secondary N) is 1. The Balaban J connectivity index is 1.42. The van der Waals surface area contributed by atoms with Gasteiger partial charge >= 0.3 is 11.9 Å². The molecule has 5 aliphatic rings. The van der Waals surface area contributed by atoms with Gasteiger partial charge in [0, 0.05) is 30.5 Å². The van der Waals surface area contributed by atoms with Gasteiger partial charge in [-0.1, -0.05) is 91.0 Å². The van der Waals surface area contributed by atoms with Gasteiger partial charge in [0.15, 0.2) is 0 Å². The number of carbonyl (C=O) groups is 2. The largest absolute Gasteiger partial charge is 0.469 e. The zero-order valence-corrected chi connectivity index (χ0v) is 22.1. The summed E-state index contributed by atoms with van der Waals surface area (Å²) < 4.78 is 11.4. The van der Waals surface area contributed by atoms with E-state index in [0.717, 1.165) is 11.1 Å². The second-order valence-electron chi connectivity index (χ2n) is 12.0. The molecule has 3 aliphatic heterocycles. The van der Waals surface area contributed by atoms with Crippen LogP contribution in [0, 0.1) is 22.7 Å². The van der Waals surface area contributed by atoms with Crippen LogP contribution in [0.1, 0.15) is 34.9 Å². The van der Waals surface area contributed by atoms with E-state index in [0.29, 0.717) is 13.0 Å². The summed E-state index contributed by atoms with van der Waals surface area (Å²) in [5.41, 5.74) is 1.22. The lowest BCUT2D eigenvalue weighted by atomic mass is 9.54. The Morgan fingerprint density at radius 1 is 0.795 bits per heavy atom. The lowest BCUT2D eigenvalue weighted by molar-refractivity contribution is -0.241. The number of hydrogen-bond acceptors (Lipinski definition) is 6. The SMILES string of the molecule is COC(=O)[C@]12C[C@@]34N[C@H]1[C@H]1C(c5ccccc5)[C@]3(C(=O)OC)[C@H]([C@H]1C2c1ccccc1)N4Cc1ccccc1. The number of methoxy groups -OCH3 is 2. The summed E-state index contributed by atoms with van der Waals surface area (Å²) >= 11 is 0. The minimum atomic E-state index is -0.803. The topological polar surface area (TPSA) is 67.9 Å². The Labute approximate surface area is 228 Å². The first-order valence-corrected chi connectivity index (χ1v) is 13.9. The Morgan fingerprint density at radius 2 is 1.36 bits per heavy atom. The molecule has 3 aromatic rings. The molecule has 3 heterocycles. The Hall–Kier alpha value is -3.48. The van der Waals surface area contributed by atoms with Crippen LogP contribution in [0.15, 0.2) is 91.0 Å². The molecule has 0 radical (unpaired) electrons. The van der Waals surface area contributed by atoms with Gasteiger partial charge in [-0.15, -0.1) is 0 Å². The Kier molecular flexibility index (Phi) is 4.68. The maximum absolute atomic E-state index is 14.3. The van der Waals surface area contributed by atoms with Crippen LogP contribution in [0.2, 0.25) is 0 Å². The lowest BCUT2D eigenvalue weighted by Crippen LogP contribution is -2.86. The van der Waals surface area contributed by atoms with E-state index < -0.39 is 16.5 Å². The number of fused-ring (bicyclic) bond motifs is 1. The van der Waals surface area contributed by atoms with Gasteiger partial charge < -0.3 is 9.47 Å². The number of benzene rings is 3. The molecule has 1 spiro atoms. The fraction of sp³-hybridized carbons (Fsp3) is 0.394. The van der Waals surface area contributed by atoms with Crippen molar-refractivity contribution in [2.45, 2.75) is 42.5 Å². The van der Waals surface area contributed by atoms with Crippen molar-refractivity contribution in [3.05, 3.63) is 108 Å². The van der Waals surface area contributed by atoms with Crippen LogP contribution in [0.3, 0.4) is 0 Å². The summed E-state index contributed by atoms with van der Waals surface area (Å²) in [7, 11) is 3.02. The molecule has 2 saturated carbocycles. The van der Waals surface area contributed by atoms with Crippen LogP contribution in [0.5, 0.6) is 0 Å². The van der Waals surface area contributed by atoms with E-state index in [4.69, 9.17) is 9.47 Å². The highest BCUT2D eigenvalue weighted by molar-refractivity contribution is 5.90. The number of carbonyl (C=O) groups excluding carboxylic acids is 2. The normalized spacial score (nSPS) is 40.4. The van der Waals surface area contributed by atoms with Gasteiger partial charge in [-0.05, 0) is 34.9 Å². The van der Waals surface area contributed by atoms with Gasteiger partial charge in [0.05, 0.1) is 25.3 Å². The molecule has 39 heavy (non-hydrogen) atoms. The average molecular weight is 521 g/mol. The van der Waals surface area contributed by atoms with E-state index in [-0.39, 0.29) is 47.7 Å². The van der Waals surface area contributed by atoms with E-state index in [2.05, 4.69) is 83.0 Å². The third-order valence-corrected chi connectivity index (χ3v) is 11.1. The van der Waals surface area contributed by atoms with E-state index in [1.54, 1.807) is 0 Å².